The molecule has 3 aromatic rings. The van der Waals surface area contributed by atoms with E-state index in [-0.39, 0.29) is 24.4 Å². The van der Waals surface area contributed by atoms with Gasteiger partial charge in [0.15, 0.2) is 11.5 Å². The van der Waals surface area contributed by atoms with Crippen molar-refractivity contribution in [1.29, 1.82) is 0 Å². The summed E-state index contributed by atoms with van der Waals surface area (Å²) in [6.45, 7) is 6.15. The number of benzene rings is 2. The minimum absolute atomic E-state index is 0.00465. The fourth-order valence-corrected chi connectivity index (χ4v) is 5.36. The maximum atomic E-state index is 14.2. The number of hydrogen-bond acceptors (Lipinski definition) is 6. The number of piperazine rings is 1. The maximum Gasteiger partial charge on any atom is 0.260 e. The Morgan fingerprint density at radius 1 is 1.11 bits per heavy atom. The molecule has 0 saturated carbocycles. The van der Waals surface area contributed by atoms with Crippen LogP contribution < -0.4 is 20.1 Å². The van der Waals surface area contributed by atoms with Crippen molar-refractivity contribution in [2.45, 2.75) is 44.8 Å². The maximum absolute atomic E-state index is 14.2. The Kier molecular flexibility index (Phi) is 7.25. The highest BCUT2D eigenvalue weighted by atomic mass is 19.3. The van der Waals surface area contributed by atoms with E-state index in [2.05, 4.69) is 15.7 Å². The Labute approximate surface area is 220 Å². The summed E-state index contributed by atoms with van der Waals surface area (Å²) in [6, 6.07) is 11.4. The van der Waals surface area contributed by atoms with Gasteiger partial charge in [0.25, 0.3) is 12.3 Å². The van der Waals surface area contributed by atoms with Crippen molar-refractivity contribution in [2.75, 3.05) is 39.2 Å². The topological polar surface area (TPSA) is 80.7 Å². The molecule has 8 nitrogen and oxygen atoms in total. The van der Waals surface area contributed by atoms with Crippen LogP contribution in [-0.2, 0) is 0 Å². The fraction of sp³-hybridized carbons (Fsp3) is 0.429. The van der Waals surface area contributed by atoms with Gasteiger partial charge in [0.2, 0.25) is 0 Å². The summed E-state index contributed by atoms with van der Waals surface area (Å²) in [5, 5.41) is 11.3. The van der Waals surface area contributed by atoms with Crippen molar-refractivity contribution in [3.8, 4) is 22.8 Å². The van der Waals surface area contributed by atoms with Gasteiger partial charge in [0.05, 0.1) is 26.0 Å². The van der Waals surface area contributed by atoms with Crippen LogP contribution in [0.4, 0.5) is 14.6 Å². The zero-order valence-corrected chi connectivity index (χ0v) is 22.0. The molecule has 2 aliphatic heterocycles. The molecule has 2 aromatic carbocycles. The molecule has 0 radical (unpaired) electrons. The molecule has 3 heterocycles. The molecule has 2 aliphatic rings. The lowest BCUT2D eigenvalue weighted by atomic mass is 9.97. The Morgan fingerprint density at radius 2 is 1.89 bits per heavy atom. The molecule has 0 aliphatic carbocycles. The molecular formula is C28H33F2N5O3. The van der Waals surface area contributed by atoms with Crippen molar-refractivity contribution < 1.29 is 23.0 Å². The van der Waals surface area contributed by atoms with Crippen molar-refractivity contribution in [1.82, 2.24) is 20.0 Å². The monoisotopic (exact) mass is 525 g/mol. The van der Waals surface area contributed by atoms with Crippen LogP contribution in [0.5, 0.6) is 11.5 Å². The Bertz CT molecular complexity index is 1330. The summed E-state index contributed by atoms with van der Waals surface area (Å²) in [4.78, 5) is 15.0. The number of nitrogens with zero attached hydrogens (tertiary/aromatic N) is 3. The molecule has 2 N–H and O–H groups in total. The smallest absolute Gasteiger partial charge is 0.260 e. The number of anilines is 1. The van der Waals surface area contributed by atoms with Crippen LogP contribution in [0.25, 0.3) is 11.3 Å². The van der Waals surface area contributed by atoms with Gasteiger partial charge in [0.1, 0.15) is 11.9 Å². The van der Waals surface area contributed by atoms with Crippen LogP contribution >= 0.6 is 0 Å². The summed E-state index contributed by atoms with van der Waals surface area (Å²) in [7, 11) is 3.10. The van der Waals surface area contributed by atoms with Crippen LogP contribution in [0.15, 0.2) is 42.5 Å². The van der Waals surface area contributed by atoms with Gasteiger partial charge < -0.3 is 25.0 Å². The number of carbonyl (C=O) groups is 1. The number of aromatic nitrogens is 2. The number of amides is 1. The van der Waals surface area contributed by atoms with Crippen molar-refractivity contribution in [3.63, 3.8) is 0 Å². The number of nitrogens with one attached hydrogen (secondary N) is 2. The van der Waals surface area contributed by atoms with E-state index in [0.717, 1.165) is 29.8 Å². The Balaban J connectivity index is 1.43. The third-order valence-corrected chi connectivity index (χ3v) is 7.46. The third-order valence-electron chi connectivity index (χ3n) is 7.46. The molecule has 3 atom stereocenters. The van der Waals surface area contributed by atoms with E-state index in [4.69, 9.17) is 9.47 Å². The first-order chi connectivity index (χ1) is 18.3. The Morgan fingerprint density at radius 3 is 2.58 bits per heavy atom. The first-order valence-electron chi connectivity index (χ1n) is 12.8. The molecule has 2 unspecified atom stereocenters. The largest absolute Gasteiger partial charge is 0.493 e. The van der Waals surface area contributed by atoms with Gasteiger partial charge in [-0.1, -0.05) is 12.1 Å². The molecule has 202 valence electrons. The highest BCUT2D eigenvalue weighted by Crippen LogP contribution is 2.41. The average molecular weight is 526 g/mol. The summed E-state index contributed by atoms with van der Waals surface area (Å²) in [5.74, 6) is 1.63. The van der Waals surface area contributed by atoms with Gasteiger partial charge in [-0.15, -0.1) is 0 Å². The number of aryl methyl sites for hydroxylation is 1. The second kappa shape index (κ2) is 10.6. The summed E-state index contributed by atoms with van der Waals surface area (Å²) in [6.07, 6.45) is -2.43. The van der Waals surface area contributed by atoms with E-state index >= 15 is 0 Å². The minimum Gasteiger partial charge on any atom is -0.493 e. The van der Waals surface area contributed by atoms with Crippen LogP contribution in [-0.4, -0.2) is 66.9 Å². The van der Waals surface area contributed by atoms with Gasteiger partial charge in [-0.3, -0.25) is 4.79 Å². The zero-order valence-electron chi connectivity index (χ0n) is 22.0. The standard InChI is InChI=1S/C28H33F2N5O3/c1-16-11-19(28(36)34-10-9-31-15-17(34)2)5-7-20(16)22-14-26-32-21(13-23(27(29)30)35(26)33-22)18-6-8-24(37-3)25(12-18)38-4/h5-8,11-12,14,17,21,23,27,31-32H,9-10,13,15H2,1-4H3/t17-,21?,23?/m0/s1. The number of alkyl halides is 2. The first-order valence-corrected chi connectivity index (χ1v) is 12.8. The number of carbonyl (C=O) groups excluding carboxylic acids is 1. The van der Waals surface area contributed by atoms with Crippen LogP contribution in [0.2, 0.25) is 0 Å². The van der Waals surface area contributed by atoms with E-state index in [1.165, 1.54) is 4.68 Å². The number of fused-ring (bicyclic) bond motifs is 1. The number of hydrogen-bond donors (Lipinski definition) is 2. The molecular weight excluding hydrogens is 492 g/mol. The van der Waals surface area contributed by atoms with Gasteiger partial charge in [-0.2, -0.15) is 5.10 Å². The second-order valence-electron chi connectivity index (χ2n) is 9.89. The average Bonchev–Trinajstić information content (AvgIpc) is 3.35. The lowest BCUT2D eigenvalue weighted by Crippen LogP contribution is -2.52. The van der Waals surface area contributed by atoms with Crippen molar-refractivity contribution in [3.05, 3.63) is 59.2 Å². The summed E-state index contributed by atoms with van der Waals surface area (Å²) >= 11 is 0. The van der Waals surface area contributed by atoms with Crippen LogP contribution in [0, 0.1) is 6.92 Å². The van der Waals surface area contributed by atoms with Crippen molar-refractivity contribution >= 4 is 11.7 Å². The second-order valence-corrected chi connectivity index (χ2v) is 9.89. The molecule has 1 aromatic heterocycles. The molecule has 1 fully saturated rings. The number of rotatable bonds is 6. The minimum atomic E-state index is -2.59. The number of ether oxygens (including phenoxy) is 2. The lowest BCUT2D eigenvalue weighted by molar-refractivity contribution is 0.0652. The van der Waals surface area contributed by atoms with Gasteiger partial charge >= 0.3 is 0 Å². The molecule has 38 heavy (non-hydrogen) atoms. The quantitative estimate of drug-likeness (QED) is 0.487. The molecule has 1 saturated heterocycles. The summed E-state index contributed by atoms with van der Waals surface area (Å²) < 4.78 is 40.5. The zero-order chi connectivity index (χ0) is 27.0. The van der Waals surface area contributed by atoms with E-state index in [0.29, 0.717) is 35.1 Å². The lowest BCUT2D eigenvalue weighted by Gasteiger charge is -2.34. The number of methoxy groups -OCH3 is 2. The predicted molar refractivity (Wildman–Crippen MR) is 141 cm³/mol. The summed E-state index contributed by atoms with van der Waals surface area (Å²) in [5.41, 5.74) is 3.68. The first kappa shape index (κ1) is 26.0. The predicted octanol–water partition coefficient (Wildman–Crippen LogP) is 4.67. The normalized spacial score (nSPS) is 21.1. The molecule has 0 bridgehead atoms. The van der Waals surface area contributed by atoms with Gasteiger partial charge in [-0.05, 0) is 55.7 Å². The molecule has 0 spiro atoms. The SMILES string of the molecule is COc1ccc(C2CC(C(F)F)n3nc(-c4ccc(C(=O)N5CCNC[C@@H]5C)cc4C)cc3N2)cc1OC. The van der Waals surface area contributed by atoms with Crippen LogP contribution in [0.3, 0.4) is 0 Å². The van der Waals surface area contributed by atoms with E-state index in [1.807, 2.05) is 43.0 Å². The Hall–Kier alpha value is -3.66. The molecule has 5 rings (SSSR count). The number of halogens is 2. The van der Waals surface area contributed by atoms with Crippen molar-refractivity contribution in [2.24, 2.45) is 0 Å². The molecule has 1 amide bonds. The third kappa shape index (κ3) is 4.80. The van der Waals surface area contributed by atoms with Crippen LogP contribution in [0.1, 0.15) is 46.9 Å². The van der Waals surface area contributed by atoms with E-state index in [9.17, 15) is 13.6 Å². The van der Waals surface area contributed by atoms with Gasteiger partial charge in [-0.25, -0.2) is 13.5 Å². The van der Waals surface area contributed by atoms with E-state index < -0.39 is 12.5 Å². The fourth-order valence-electron chi connectivity index (χ4n) is 5.36. The van der Waals surface area contributed by atoms with Gasteiger partial charge in [0, 0.05) is 42.9 Å². The highest BCUT2D eigenvalue weighted by Gasteiger charge is 2.35. The molecule has 10 heteroatoms. The van der Waals surface area contributed by atoms with E-state index in [1.54, 1.807) is 32.4 Å². The highest BCUT2D eigenvalue weighted by molar-refractivity contribution is 5.95.